The van der Waals surface area contributed by atoms with E-state index in [0.29, 0.717) is 5.56 Å². The van der Waals surface area contributed by atoms with Gasteiger partial charge < -0.3 is 5.32 Å². The van der Waals surface area contributed by atoms with E-state index in [0.717, 1.165) is 11.3 Å². The second kappa shape index (κ2) is 7.17. The number of aryl methyl sites for hydroxylation is 2. The molecule has 2 rings (SSSR count). The Morgan fingerprint density at radius 3 is 1.74 bits per heavy atom. The quantitative estimate of drug-likeness (QED) is 0.792. The van der Waals surface area contributed by atoms with Crippen molar-refractivity contribution in [3.8, 4) is 0 Å². The van der Waals surface area contributed by atoms with Crippen LogP contribution in [0.4, 0.5) is 5.69 Å². The fourth-order valence-electron chi connectivity index (χ4n) is 1.55. The Morgan fingerprint density at radius 2 is 1.26 bits per heavy atom. The van der Waals surface area contributed by atoms with Gasteiger partial charge in [0.05, 0.1) is 0 Å². The van der Waals surface area contributed by atoms with Gasteiger partial charge in [-0.1, -0.05) is 35.4 Å². The van der Waals surface area contributed by atoms with Crippen LogP contribution in [0.15, 0.2) is 61.7 Å². The van der Waals surface area contributed by atoms with E-state index in [1.165, 1.54) is 5.56 Å². The lowest BCUT2D eigenvalue weighted by Gasteiger charge is -2.05. The Bertz CT molecular complexity index is 526. The first-order valence-electron chi connectivity index (χ1n) is 6.10. The molecule has 2 aromatic carbocycles. The summed E-state index contributed by atoms with van der Waals surface area (Å²) in [5, 5.41) is 2.87. The third-order valence-corrected chi connectivity index (χ3v) is 2.62. The molecule has 1 N–H and O–H groups in total. The highest BCUT2D eigenvalue weighted by atomic mass is 16.1. The molecule has 0 atom stereocenters. The summed E-state index contributed by atoms with van der Waals surface area (Å²) in [4.78, 5) is 11.9. The van der Waals surface area contributed by atoms with Gasteiger partial charge in [-0.25, -0.2) is 0 Å². The Labute approximate surface area is 114 Å². The Kier molecular flexibility index (Phi) is 5.55. The summed E-state index contributed by atoms with van der Waals surface area (Å²) in [6.45, 7) is 10.0. The molecule has 0 fully saturated rings. The molecule has 0 aromatic heterocycles. The highest BCUT2D eigenvalue weighted by molar-refractivity contribution is 6.04. The zero-order valence-electron chi connectivity index (χ0n) is 11.4. The van der Waals surface area contributed by atoms with E-state index in [1.807, 2.05) is 62.4 Å². The summed E-state index contributed by atoms with van der Waals surface area (Å²) in [5.41, 5.74) is 3.83. The van der Waals surface area contributed by atoms with E-state index in [9.17, 15) is 4.79 Å². The fraction of sp³-hybridized carbons (Fsp3) is 0.118. The largest absolute Gasteiger partial charge is 0.322 e. The van der Waals surface area contributed by atoms with E-state index in [1.54, 1.807) is 0 Å². The molecule has 0 bridgehead atoms. The standard InChI is InChI=1S/C15H15NO.C2H4/c1-11-3-7-13(8-4-11)15(17)16-14-9-5-12(2)6-10-14;1-2/h3-10H,1-2H3,(H,16,17);1-2H2. The van der Waals surface area contributed by atoms with Gasteiger partial charge >= 0.3 is 0 Å². The molecule has 0 aliphatic carbocycles. The predicted molar refractivity (Wildman–Crippen MR) is 81.6 cm³/mol. The first kappa shape index (κ1) is 14.7. The van der Waals surface area contributed by atoms with Crippen molar-refractivity contribution in [1.82, 2.24) is 0 Å². The second-order valence-electron chi connectivity index (χ2n) is 4.19. The number of benzene rings is 2. The van der Waals surface area contributed by atoms with Crippen molar-refractivity contribution >= 4 is 11.6 Å². The van der Waals surface area contributed by atoms with Crippen LogP contribution in [-0.2, 0) is 0 Å². The van der Waals surface area contributed by atoms with E-state index in [-0.39, 0.29) is 5.91 Å². The molecule has 0 saturated carbocycles. The lowest BCUT2D eigenvalue weighted by molar-refractivity contribution is 0.102. The van der Waals surface area contributed by atoms with Crippen molar-refractivity contribution in [2.75, 3.05) is 5.32 Å². The summed E-state index contributed by atoms with van der Waals surface area (Å²) >= 11 is 0. The smallest absolute Gasteiger partial charge is 0.255 e. The summed E-state index contributed by atoms with van der Waals surface area (Å²) in [7, 11) is 0. The normalized spacial score (nSPS) is 9.16. The van der Waals surface area contributed by atoms with Gasteiger partial charge in [0.15, 0.2) is 0 Å². The van der Waals surface area contributed by atoms with Crippen molar-refractivity contribution in [2.24, 2.45) is 0 Å². The van der Waals surface area contributed by atoms with Gasteiger partial charge in [0.1, 0.15) is 0 Å². The predicted octanol–water partition coefficient (Wildman–Crippen LogP) is 4.36. The van der Waals surface area contributed by atoms with Gasteiger partial charge in [-0.15, -0.1) is 13.2 Å². The highest BCUT2D eigenvalue weighted by Crippen LogP contribution is 2.11. The number of nitrogens with one attached hydrogen (secondary N) is 1. The van der Waals surface area contributed by atoms with Crippen molar-refractivity contribution in [1.29, 1.82) is 0 Å². The van der Waals surface area contributed by atoms with E-state index in [2.05, 4.69) is 18.5 Å². The molecule has 0 radical (unpaired) electrons. The van der Waals surface area contributed by atoms with E-state index in [4.69, 9.17) is 0 Å². The number of hydrogen-bond donors (Lipinski definition) is 1. The number of carbonyl (C=O) groups is 1. The monoisotopic (exact) mass is 253 g/mol. The van der Waals surface area contributed by atoms with Gasteiger partial charge in [0.25, 0.3) is 5.91 Å². The van der Waals surface area contributed by atoms with Gasteiger partial charge in [-0.05, 0) is 38.1 Å². The molecule has 19 heavy (non-hydrogen) atoms. The Balaban J connectivity index is 0.000000861. The molecule has 0 unspecified atom stereocenters. The van der Waals surface area contributed by atoms with Crippen molar-refractivity contribution in [3.05, 3.63) is 78.4 Å². The average molecular weight is 253 g/mol. The maximum absolute atomic E-state index is 11.9. The molecule has 2 heteroatoms. The lowest BCUT2D eigenvalue weighted by atomic mass is 10.1. The third kappa shape index (κ3) is 4.43. The maximum atomic E-state index is 11.9. The molecular formula is C17H19NO. The van der Waals surface area contributed by atoms with Crippen molar-refractivity contribution < 1.29 is 4.79 Å². The van der Waals surface area contributed by atoms with Gasteiger partial charge in [-0.2, -0.15) is 0 Å². The van der Waals surface area contributed by atoms with Crippen LogP contribution in [0.3, 0.4) is 0 Å². The zero-order chi connectivity index (χ0) is 14.3. The van der Waals surface area contributed by atoms with Crippen LogP contribution in [0.2, 0.25) is 0 Å². The van der Waals surface area contributed by atoms with Crippen LogP contribution < -0.4 is 5.32 Å². The molecule has 1 amide bonds. The molecule has 0 saturated heterocycles. The summed E-state index contributed by atoms with van der Waals surface area (Å²) in [6, 6.07) is 15.3. The van der Waals surface area contributed by atoms with Crippen molar-refractivity contribution in [3.63, 3.8) is 0 Å². The molecule has 2 nitrogen and oxygen atoms in total. The van der Waals surface area contributed by atoms with Gasteiger partial charge in [-0.3, -0.25) is 4.79 Å². The topological polar surface area (TPSA) is 29.1 Å². The minimum atomic E-state index is -0.0751. The molecule has 2 aromatic rings. The maximum Gasteiger partial charge on any atom is 0.255 e. The van der Waals surface area contributed by atoms with Gasteiger partial charge in [0.2, 0.25) is 0 Å². The third-order valence-electron chi connectivity index (χ3n) is 2.62. The molecule has 0 aliphatic rings. The molecule has 0 aliphatic heterocycles. The lowest BCUT2D eigenvalue weighted by Crippen LogP contribution is -2.11. The minimum absolute atomic E-state index is 0.0751. The minimum Gasteiger partial charge on any atom is -0.322 e. The number of anilines is 1. The fourth-order valence-corrected chi connectivity index (χ4v) is 1.55. The second-order valence-corrected chi connectivity index (χ2v) is 4.19. The molecule has 98 valence electrons. The van der Waals surface area contributed by atoms with E-state index >= 15 is 0 Å². The van der Waals surface area contributed by atoms with Crippen molar-refractivity contribution in [2.45, 2.75) is 13.8 Å². The summed E-state index contributed by atoms with van der Waals surface area (Å²) in [5.74, 6) is -0.0751. The summed E-state index contributed by atoms with van der Waals surface area (Å²) < 4.78 is 0. The van der Waals surface area contributed by atoms with Gasteiger partial charge in [0, 0.05) is 11.3 Å². The highest BCUT2D eigenvalue weighted by Gasteiger charge is 2.04. The number of carbonyl (C=O) groups excluding carboxylic acids is 1. The number of amides is 1. The first-order valence-corrected chi connectivity index (χ1v) is 6.10. The van der Waals surface area contributed by atoms with E-state index < -0.39 is 0 Å². The molecule has 0 heterocycles. The summed E-state index contributed by atoms with van der Waals surface area (Å²) in [6.07, 6.45) is 0. The Morgan fingerprint density at radius 1 is 0.842 bits per heavy atom. The Hall–Kier alpha value is -2.35. The number of rotatable bonds is 2. The van der Waals surface area contributed by atoms with Crippen LogP contribution in [0, 0.1) is 13.8 Å². The number of hydrogen-bond acceptors (Lipinski definition) is 1. The van der Waals surface area contributed by atoms with Crippen LogP contribution in [0.5, 0.6) is 0 Å². The zero-order valence-corrected chi connectivity index (χ0v) is 11.4. The molecule has 0 spiro atoms. The molecular weight excluding hydrogens is 234 g/mol. The van der Waals surface area contributed by atoms with Crippen LogP contribution in [0.1, 0.15) is 21.5 Å². The van der Waals surface area contributed by atoms with Crippen LogP contribution in [0.25, 0.3) is 0 Å². The average Bonchev–Trinajstić information content (AvgIpc) is 2.44. The van der Waals surface area contributed by atoms with Crippen LogP contribution >= 0.6 is 0 Å². The van der Waals surface area contributed by atoms with Crippen LogP contribution in [-0.4, -0.2) is 5.91 Å². The SMILES string of the molecule is C=C.Cc1ccc(NC(=O)c2ccc(C)cc2)cc1. The first-order chi connectivity index (χ1) is 9.15.